The Hall–Kier alpha value is -1.95. The van der Waals surface area contributed by atoms with Crippen molar-refractivity contribution >= 4 is 22.4 Å². The SMILES string of the molecule is CCc1nc(N(C)Cc2cccc(F)c2)sc1C(=O)O. The number of halogens is 1. The van der Waals surface area contributed by atoms with E-state index in [9.17, 15) is 9.18 Å². The molecule has 1 aromatic carbocycles. The molecule has 0 aliphatic heterocycles. The molecule has 6 heteroatoms. The van der Waals surface area contributed by atoms with E-state index in [4.69, 9.17) is 5.11 Å². The lowest BCUT2D eigenvalue weighted by molar-refractivity contribution is 0.0701. The Morgan fingerprint density at radius 1 is 1.50 bits per heavy atom. The molecule has 2 aromatic rings. The van der Waals surface area contributed by atoms with Crippen LogP contribution in [0.15, 0.2) is 24.3 Å². The molecule has 1 aromatic heterocycles. The Morgan fingerprint density at radius 3 is 2.80 bits per heavy atom. The quantitative estimate of drug-likeness (QED) is 0.920. The van der Waals surface area contributed by atoms with Crippen molar-refractivity contribution in [3.8, 4) is 0 Å². The normalized spacial score (nSPS) is 10.6. The highest BCUT2D eigenvalue weighted by atomic mass is 32.1. The lowest BCUT2D eigenvalue weighted by atomic mass is 10.2. The van der Waals surface area contributed by atoms with E-state index in [2.05, 4.69) is 4.98 Å². The molecule has 0 unspecified atom stereocenters. The van der Waals surface area contributed by atoms with E-state index in [1.807, 2.05) is 24.9 Å². The van der Waals surface area contributed by atoms with Crippen LogP contribution in [0.1, 0.15) is 27.9 Å². The number of benzene rings is 1. The molecule has 106 valence electrons. The molecule has 1 N–H and O–H groups in total. The van der Waals surface area contributed by atoms with Crippen molar-refractivity contribution in [3.05, 3.63) is 46.2 Å². The number of carbonyl (C=O) groups is 1. The van der Waals surface area contributed by atoms with Crippen molar-refractivity contribution in [2.45, 2.75) is 19.9 Å². The molecule has 0 fully saturated rings. The molecule has 0 aliphatic rings. The molecule has 2 rings (SSSR count). The molecule has 20 heavy (non-hydrogen) atoms. The van der Waals surface area contributed by atoms with Crippen LogP contribution in [-0.4, -0.2) is 23.1 Å². The van der Waals surface area contributed by atoms with E-state index in [1.165, 1.54) is 12.1 Å². The zero-order valence-corrected chi connectivity index (χ0v) is 12.1. The molecule has 0 spiro atoms. The van der Waals surface area contributed by atoms with Crippen LogP contribution in [0.5, 0.6) is 0 Å². The Bertz CT molecular complexity index is 627. The van der Waals surface area contributed by atoms with Gasteiger partial charge in [0.15, 0.2) is 5.13 Å². The number of nitrogens with zero attached hydrogens (tertiary/aromatic N) is 2. The van der Waals surface area contributed by atoms with Gasteiger partial charge in [0.2, 0.25) is 0 Å². The van der Waals surface area contributed by atoms with Crippen LogP contribution < -0.4 is 4.90 Å². The lowest BCUT2D eigenvalue weighted by Gasteiger charge is -2.15. The van der Waals surface area contributed by atoms with E-state index in [1.54, 1.807) is 6.07 Å². The highest BCUT2D eigenvalue weighted by Gasteiger charge is 2.18. The first-order chi connectivity index (χ1) is 9.51. The van der Waals surface area contributed by atoms with Crippen molar-refractivity contribution in [2.24, 2.45) is 0 Å². The van der Waals surface area contributed by atoms with E-state index in [-0.39, 0.29) is 10.7 Å². The molecule has 4 nitrogen and oxygen atoms in total. The van der Waals surface area contributed by atoms with Crippen LogP contribution in [0.25, 0.3) is 0 Å². The minimum atomic E-state index is -0.954. The standard InChI is InChI=1S/C14H15FN2O2S/c1-3-11-12(13(18)19)20-14(16-11)17(2)8-9-5-4-6-10(15)7-9/h4-7H,3,8H2,1-2H3,(H,18,19). The Labute approximate surface area is 120 Å². The zero-order valence-electron chi connectivity index (χ0n) is 11.3. The van der Waals surface area contributed by atoms with Gasteiger partial charge in [-0.3, -0.25) is 0 Å². The second-order valence-corrected chi connectivity index (χ2v) is 5.39. The van der Waals surface area contributed by atoms with Crippen LogP contribution in [-0.2, 0) is 13.0 Å². The van der Waals surface area contributed by atoms with Crippen molar-refractivity contribution in [2.75, 3.05) is 11.9 Å². The summed E-state index contributed by atoms with van der Waals surface area (Å²) in [6.07, 6.45) is 0.575. The van der Waals surface area contributed by atoms with Crippen molar-refractivity contribution < 1.29 is 14.3 Å². The third-order valence-electron chi connectivity index (χ3n) is 2.85. The number of carboxylic acids is 1. The smallest absolute Gasteiger partial charge is 0.347 e. The molecule has 0 saturated carbocycles. The molecule has 0 aliphatic carbocycles. The molecule has 0 radical (unpaired) electrons. The van der Waals surface area contributed by atoms with Crippen LogP contribution in [0.3, 0.4) is 0 Å². The first-order valence-corrected chi connectivity index (χ1v) is 7.01. The molecule has 0 atom stereocenters. The predicted molar refractivity (Wildman–Crippen MR) is 77.0 cm³/mol. The van der Waals surface area contributed by atoms with Crippen LogP contribution in [0, 0.1) is 5.82 Å². The van der Waals surface area contributed by atoms with Gasteiger partial charge in [0, 0.05) is 13.6 Å². The fourth-order valence-electron chi connectivity index (χ4n) is 1.89. The number of anilines is 1. The minimum absolute atomic E-state index is 0.272. The van der Waals surface area contributed by atoms with Crippen molar-refractivity contribution in [1.82, 2.24) is 4.98 Å². The molecular formula is C14H15FN2O2S. The van der Waals surface area contributed by atoms with Gasteiger partial charge >= 0.3 is 5.97 Å². The Balaban J connectivity index is 2.21. The van der Waals surface area contributed by atoms with Gasteiger partial charge in [0.25, 0.3) is 0 Å². The van der Waals surface area contributed by atoms with E-state index >= 15 is 0 Å². The van der Waals surface area contributed by atoms with Crippen LogP contribution in [0.2, 0.25) is 0 Å². The third kappa shape index (κ3) is 3.14. The first kappa shape index (κ1) is 14.5. The lowest BCUT2D eigenvalue weighted by Crippen LogP contribution is -2.16. The maximum absolute atomic E-state index is 13.1. The summed E-state index contributed by atoms with van der Waals surface area (Å²) in [5.74, 6) is -1.24. The second-order valence-electron chi connectivity index (χ2n) is 4.42. The van der Waals surface area contributed by atoms with E-state index in [0.29, 0.717) is 23.8 Å². The maximum atomic E-state index is 13.1. The molecule has 0 bridgehead atoms. The largest absolute Gasteiger partial charge is 0.477 e. The number of aromatic carboxylic acids is 1. The van der Waals surface area contributed by atoms with Gasteiger partial charge in [0.1, 0.15) is 10.7 Å². The Morgan fingerprint density at radius 2 is 2.25 bits per heavy atom. The molecule has 0 amide bonds. The van der Waals surface area contributed by atoms with E-state index in [0.717, 1.165) is 16.9 Å². The summed E-state index contributed by atoms with van der Waals surface area (Å²) in [7, 11) is 1.81. The average Bonchev–Trinajstić information content (AvgIpc) is 2.83. The average molecular weight is 294 g/mol. The highest BCUT2D eigenvalue weighted by Crippen LogP contribution is 2.27. The molecule has 1 heterocycles. The predicted octanol–water partition coefficient (Wildman–Crippen LogP) is 3.18. The summed E-state index contributed by atoms with van der Waals surface area (Å²) < 4.78 is 13.1. The number of thiazole rings is 1. The fraction of sp³-hybridized carbons (Fsp3) is 0.286. The summed E-state index contributed by atoms with van der Waals surface area (Å²) in [5, 5.41) is 9.75. The van der Waals surface area contributed by atoms with Gasteiger partial charge in [0.05, 0.1) is 5.69 Å². The topological polar surface area (TPSA) is 53.4 Å². The van der Waals surface area contributed by atoms with Crippen LogP contribution >= 0.6 is 11.3 Å². The van der Waals surface area contributed by atoms with Gasteiger partial charge in [-0.15, -0.1) is 0 Å². The summed E-state index contributed by atoms with van der Waals surface area (Å²) in [6.45, 7) is 2.35. The number of hydrogen-bond donors (Lipinski definition) is 1. The van der Waals surface area contributed by atoms with Crippen molar-refractivity contribution in [1.29, 1.82) is 0 Å². The summed E-state index contributed by atoms with van der Waals surface area (Å²) in [4.78, 5) is 17.6. The first-order valence-electron chi connectivity index (χ1n) is 6.19. The number of rotatable bonds is 5. The Kier molecular flexibility index (Phi) is 4.34. The summed E-state index contributed by atoms with van der Waals surface area (Å²) >= 11 is 1.15. The zero-order chi connectivity index (χ0) is 14.7. The fourth-order valence-corrected chi connectivity index (χ4v) is 2.84. The minimum Gasteiger partial charge on any atom is -0.477 e. The molecular weight excluding hydrogens is 279 g/mol. The summed E-state index contributed by atoms with van der Waals surface area (Å²) in [5.41, 5.74) is 1.40. The van der Waals surface area contributed by atoms with Gasteiger partial charge in [-0.1, -0.05) is 30.4 Å². The van der Waals surface area contributed by atoms with E-state index < -0.39 is 5.97 Å². The second kappa shape index (κ2) is 6.00. The van der Waals surface area contributed by atoms with Gasteiger partial charge in [-0.2, -0.15) is 0 Å². The number of aromatic nitrogens is 1. The maximum Gasteiger partial charge on any atom is 0.347 e. The number of carboxylic acid groups (broad SMARTS) is 1. The third-order valence-corrected chi connectivity index (χ3v) is 4.05. The van der Waals surface area contributed by atoms with Gasteiger partial charge in [-0.05, 0) is 24.1 Å². The molecule has 0 saturated heterocycles. The van der Waals surface area contributed by atoms with Crippen molar-refractivity contribution in [3.63, 3.8) is 0 Å². The number of hydrogen-bond acceptors (Lipinski definition) is 4. The van der Waals surface area contributed by atoms with Crippen LogP contribution in [0.4, 0.5) is 9.52 Å². The summed E-state index contributed by atoms with van der Waals surface area (Å²) in [6, 6.07) is 6.33. The van der Waals surface area contributed by atoms with Gasteiger partial charge in [-0.25, -0.2) is 14.2 Å². The van der Waals surface area contributed by atoms with Gasteiger partial charge < -0.3 is 10.0 Å². The highest BCUT2D eigenvalue weighted by molar-refractivity contribution is 7.17. The number of aryl methyl sites for hydroxylation is 1. The monoisotopic (exact) mass is 294 g/mol.